The van der Waals surface area contributed by atoms with Gasteiger partial charge in [-0.2, -0.15) is 0 Å². The molecule has 0 aliphatic carbocycles. The average molecular weight is 345 g/mol. The summed E-state index contributed by atoms with van der Waals surface area (Å²) in [5.74, 6) is 3.31. The zero-order chi connectivity index (χ0) is 14.9. The van der Waals surface area contributed by atoms with Crippen LogP contribution in [-0.2, 0) is 13.0 Å². The van der Waals surface area contributed by atoms with Crippen molar-refractivity contribution in [2.24, 2.45) is 0 Å². The summed E-state index contributed by atoms with van der Waals surface area (Å²) in [5.41, 5.74) is 2.37. The van der Waals surface area contributed by atoms with Crippen molar-refractivity contribution in [2.75, 3.05) is 13.2 Å². The van der Waals surface area contributed by atoms with Crippen LogP contribution in [0.2, 0.25) is 0 Å². The van der Waals surface area contributed by atoms with E-state index in [1.54, 1.807) is 0 Å². The predicted molar refractivity (Wildman–Crippen MR) is 88.1 cm³/mol. The zero-order valence-electron chi connectivity index (χ0n) is 11.7. The number of aromatic nitrogens is 1. The van der Waals surface area contributed by atoms with Gasteiger partial charge in [0.25, 0.3) is 0 Å². The third-order valence-corrected chi connectivity index (χ3v) is 3.48. The van der Waals surface area contributed by atoms with Crippen molar-refractivity contribution in [3.05, 3.63) is 58.3 Å². The molecular weight excluding hydrogens is 328 g/mol. The number of nitrogens with zero attached hydrogens (tertiary/aromatic N) is 1. The highest BCUT2D eigenvalue weighted by atomic mass is 79.9. The Kier molecular flexibility index (Phi) is 6.26. The molecule has 0 amide bonds. The third kappa shape index (κ3) is 5.22. The Morgan fingerprint density at radius 3 is 2.81 bits per heavy atom. The topological polar surface area (TPSA) is 34.1 Å². The minimum atomic E-state index is 0.283. The van der Waals surface area contributed by atoms with Crippen LogP contribution >= 0.6 is 15.9 Å². The summed E-state index contributed by atoms with van der Waals surface area (Å²) in [4.78, 5) is 4.01. The molecule has 21 heavy (non-hydrogen) atoms. The molecule has 0 saturated heterocycles. The van der Waals surface area contributed by atoms with Gasteiger partial charge >= 0.3 is 0 Å². The van der Waals surface area contributed by atoms with E-state index in [1.807, 2.05) is 42.7 Å². The molecule has 1 heterocycles. The molecule has 4 heteroatoms. The SMILES string of the molecule is C#CCOc1ccc(Br)cc1CNCCc1ccncc1. The summed E-state index contributed by atoms with van der Waals surface area (Å²) in [7, 11) is 0. The summed E-state index contributed by atoms with van der Waals surface area (Å²) in [6, 6.07) is 9.99. The number of terminal acetylenes is 1. The number of benzene rings is 1. The standard InChI is InChI=1S/C17H17BrN2O/c1-2-11-21-17-4-3-16(18)12-15(17)13-20-10-7-14-5-8-19-9-6-14/h1,3-6,8-9,12,20H,7,10-11,13H2. The van der Waals surface area contributed by atoms with Gasteiger partial charge in [-0.1, -0.05) is 21.9 Å². The minimum Gasteiger partial charge on any atom is -0.481 e. The van der Waals surface area contributed by atoms with Gasteiger partial charge in [-0.15, -0.1) is 6.42 Å². The first-order valence-electron chi connectivity index (χ1n) is 6.74. The summed E-state index contributed by atoms with van der Waals surface area (Å²) in [5, 5.41) is 3.42. The van der Waals surface area contributed by atoms with E-state index in [0.29, 0.717) is 0 Å². The summed E-state index contributed by atoms with van der Waals surface area (Å²) in [6.45, 7) is 1.92. The molecule has 2 aromatic rings. The smallest absolute Gasteiger partial charge is 0.148 e. The van der Waals surface area contributed by atoms with E-state index in [4.69, 9.17) is 11.2 Å². The molecule has 0 unspecified atom stereocenters. The lowest BCUT2D eigenvalue weighted by Crippen LogP contribution is -2.17. The van der Waals surface area contributed by atoms with Gasteiger partial charge in [-0.3, -0.25) is 4.98 Å². The molecule has 0 saturated carbocycles. The molecule has 0 fully saturated rings. The third-order valence-electron chi connectivity index (χ3n) is 2.99. The second-order valence-electron chi connectivity index (χ2n) is 4.53. The van der Waals surface area contributed by atoms with Crippen molar-refractivity contribution in [2.45, 2.75) is 13.0 Å². The Bertz CT molecular complexity index is 608. The number of nitrogens with one attached hydrogen (secondary N) is 1. The van der Waals surface area contributed by atoms with Crippen LogP contribution < -0.4 is 10.1 Å². The van der Waals surface area contributed by atoms with E-state index in [0.717, 1.165) is 35.3 Å². The molecule has 2 rings (SSSR count). The van der Waals surface area contributed by atoms with Crippen molar-refractivity contribution in [1.29, 1.82) is 0 Å². The Hall–Kier alpha value is -1.83. The van der Waals surface area contributed by atoms with Gasteiger partial charge in [0.05, 0.1) is 0 Å². The van der Waals surface area contributed by atoms with Gasteiger partial charge in [-0.05, 0) is 48.9 Å². The Morgan fingerprint density at radius 2 is 2.05 bits per heavy atom. The molecule has 0 radical (unpaired) electrons. The predicted octanol–water partition coefficient (Wildman–Crippen LogP) is 3.19. The second-order valence-corrected chi connectivity index (χ2v) is 5.44. The van der Waals surface area contributed by atoms with Crippen molar-refractivity contribution < 1.29 is 4.74 Å². The lowest BCUT2D eigenvalue weighted by molar-refractivity contribution is 0.365. The first-order chi connectivity index (χ1) is 10.3. The van der Waals surface area contributed by atoms with E-state index in [-0.39, 0.29) is 6.61 Å². The van der Waals surface area contributed by atoms with E-state index >= 15 is 0 Å². The maximum atomic E-state index is 5.55. The highest BCUT2D eigenvalue weighted by Crippen LogP contribution is 2.23. The largest absolute Gasteiger partial charge is 0.481 e. The molecule has 0 bridgehead atoms. The van der Waals surface area contributed by atoms with Crippen LogP contribution in [0.25, 0.3) is 0 Å². The number of rotatable bonds is 7. The fourth-order valence-electron chi connectivity index (χ4n) is 1.95. The Morgan fingerprint density at radius 1 is 1.24 bits per heavy atom. The van der Waals surface area contributed by atoms with E-state index in [2.05, 4.69) is 32.2 Å². The summed E-state index contributed by atoms with van der Waals surface area (Å²) < 4.78 is 6.58. The first-order valence-corrected chi connectivity index (χ1v) is 7.53. The molecule has 3 nitrogen and oxygen atoms in total. The second kappa shape index (κ2) is 8.46. The molecule has 1 N–H and O–H groups in total. The molecular formula is C17H17BrN2O. The zero-order valence-corrected chi connectivity index (χ0v) is 13.3. The van der Waals surface area contributed by atoms with Crippen LogP contribution in [0.4, 0.5) is 0 Å². The molecule has 1 aromatic heterocycles. The van der Waals surface area contributed by atoms with Crippen LogP contribution in [-0.4, -0.2) is 18.1 Å². The monoisotopic (exact) mass is 344 g/mol. The summed E-state index contributed by atoms with van der Waals surface area (Å²) >= 11 is 3.48. The lowest BCUT2D eigenvalue weighted by Gasteiger charge is -2.11. The lowest BCUT2D eigenvalue weighted by atomic mass is 10.2. The van der Waals surface area contributed by atoms with Crippen LogP contribution in [0.15, 0.2) is 47.2 Å². The number of ether oxygens (including phenoxy) is 1. The molecule has 0 aliphatic rings. The van der Waals surface area contributed by atoms with Gasteiger partial charge < -0.3 is 10.1 Å². The highest BCUT2D eigenvalue weighted by Gasteiger charge is 2.04. The first kappa shape index (κ1) is 15.6. The normalized spacial score (nSPS) is 10.1. The van der Waals surface area contributed by atoms with Crippen LogP contribution in [0.1, 0.15) is 11.1 Å². The van der Waals surface area contributed by atoms with Gasteiger partial charge in [-0.25, -0.2) is 0 Å². The molecule has 108 valence electrons. The number of hydrogen-bond acceptors (Lipinski definition) is 3. The van der Waals surface area contributed by atoms with Crippen molar-refractivity contribution in [1.82, 2.24) is 10.3 Å². The number of halogens is 1. The van der Waals surface area contributed by atoms with E-state index in [9.17, 15) is 0 Å². The fraction of sp³-hybridized carbons (Fsp3) is 0.235. The molecule has 1 aromatic carbocycles. The van der Waals surface area contributed by atoms with Gasteiger partial charge in [0, 0.05) is 29.0 Å². The van der Waals surface area contributed by atoms with Crippen molar-refractivity contribution >= 4 is 15.9 Å². The molecule has 0 aliphatic heterocycles. The maximum Gasteiger partial charge on any atom is 0.148 e. The Labute approximate surface area is 133 Å². The van der Waals surface area contributed by atoms with Crippen molar-refractivity contribution in [3.63, 3.8) is 0 Å². The van der Waals surface area contributed by atoms with Crippen LogP contribution in [0.5, 0.6) is 5.75 Å². The maximum absolute atomic E-state index is 5.55. The average Bonchev–Trinajstić information content (AvgIpc) is 2.52. The molecule has 0 atom stereocenters. The van der Waals surface area contributed by atoms with Gasteiger partial charge in [0.1, 0.15) is 12.4 Å². The van der Waals surface area contributed by atoms with Crippen molar-refractivity contribution in [3.8, 4) is 18.1 Å². The number of pyridine rings is 1. The minimum absolute atomic E-state index is 0.283. The van der Waals surface area contributed by atoms with Gasteiger partial charge in [0.2, 0.25) is 0 Å². The van der Waals surface area contributed by atoms with Gasteiger partial charge in [0.15, 0.2) is 0 Å². The highest BCUT2D eigenvalue weighted by molar-refractivity contribution is 9.10. The number of hydrogen-bond donors (Lipinski definition) is 1. The molecule has 0 spiro atoms. The van der Waals surface area contributed by atoms with E-state index in [1.165, 1.54) is 5.56 Å². The quantitative estimate of drug-likeness (QED) is 0.618. The van der Waals surface area contributed by atoms with Crippen LogP contribution in [0, 0.1) is 12.3 Å². The van der Waals surface area contributed by atoms with E-state index < -0.39 is 0 Å². The summed E-state index contributed by atoms with van der Waals surface area (Å²) in [6.07, 6.45) is 9.84. The van der Waals surface area contributed by atoms with Crippen LogP contribution in [0.3, 0.4) is 0 Å². The Balaban J connectivity index is 1.87. The fourth-order valence-corrected chi connectivity index (χ4v) is 2.36.